The highest BCUT2D eigenvalue weighted by molar-refractivity contribution is 6.35. The number of Topliss-reactive ketones (excluding diaryl/α,β-unsaturated/α-hetero) is 1. The number of ketones is 1. The van der Waals surface area contributed by atoms with E-state index in [-0.39, 0.29) is 30.6 Å². The van der Waals surface area contributed by atoms with Crippen LogP contribution in [0.15, 0.2) is 42.5 Å². The normalized spacial score (nSPS) is 16.7. The number of rotatable bonds is 4. The van der Waals surface area contributed by atoms with Crippen LogP contribution < -0.4 is 10.2 Å². The number of anilines is 2. The summed E-state index contributed by atoms with van der Waals surface area (Å²) in [4.78, 5) is 37.6. The van der Waals surface area contributed by atoms with Crippen LogP contribution in [0, 0.1) is 5.92 Å². The van der Waals surface area contributed by atoms with Crippen LogP contribution in [0.3, 0.4) is 0 Å². The minimum absolute atomic E-state index is 0.0416. The third-order valence-corrected chi connectivity index (χ3v) is 4.65. The summed E-state index contributed by atoms with van der Waals surface area (Å²) in [5, 5.41) is 3.64. The van der Waals surface area contributed by atoms with Gasteiger partial charge in [0.05, 0.1) is 5.92 Å². The van der Waals surface area contributed by atoms with E-state index in [1.165, 1.54) is 11.8 Å². The average molecular weight is 391 g/mol. The Morgan fingerprint density at radius 1 is 1.08 bits per heavy atom. The molecule has 26 heavy (non-hydrogen) atoms. The molecule has 0 bridgehead atoms. The van der Waals surface area contributed by atoms with Crippen LogP contribution in [-0.2, 0) is 9.59 Å². The van der Waals surface area contributed by atoms with E-state index in [0.717, 1.165) is 0 Å². The largest absolute Gasteiger partial charge is 0.326 e. The lowest BCUT2D eigenvalue weighted by Crippen LogP contribution is -2.28. The number of nitrogens with one attached hydrogen (secondary N) is 1. The molecule has 7 heteroatoms. The van der Waals surface area contributed by atoms with Gasteiger partial charge in [-0.05, 0) is 49.4 Å². The van der Waals surface area contributed by atoms with Crippen molar-refractivity contribution in [2.45, 2.75) is 13.3 Å². The van der Waals surface area contributed by atoms with Crippen LogP contribution in [0.5, 0.6) is 0 Å². The maximum Gasteiger partial charge on any atom is 0.229 e. The minimum Gasteiger partial charge on any atom is -0.326 e. The zero-order valence-electron chi connectivity index (χ0n) is 14.0. The zero-order chi connectivity index (χ0) is 18.8. The number of halogens is 2. The van der Waals surface area contributed by atoms with Crippen LogP contribution >= 0.6 is 23.2 Å². The summed E-state index contributed by atoms with van der Waals surface area (Å²) in [7, 11) is 0. The lowest BCUT2D eigenvalue weighted by molar-refractivity contribution is -0.122. The van der Waals surface area contributed by atoms with Gasteiger partial charge in [0, 0.05) is 39.9 Å². The highest BCUT2D eigenvalue weighted by atomic mass is 35.5. The topological polar surface area (TPSA) is 66.5 Å². The van der Waals surface area contributed by atoms with Gasteiger partial charge in [-0.15, -0.1) is 0 Å². The van der Waals surface area contributed by atoms with Gasteiger partial charge in [0.1, 0.15) is 0 Å². The minimum atomic E-state index is -0.479. The number of hydrogen-bond acceptors (Lipinski definition) is 3. The van der Waals surface area contributed by atoms with Gasteiger partial charge in [0.25, 0.3) is 0 Å². The van der Waals surface area contributed by atoms with Crippen molar-refractivity contribution in [1.29, 1.82) is 0 Å². The van der Waals surface area contributed by atoms with Crippen LogP contribution in [0.25, 0.3) is 0 Å². The van der Waals surface area contributed by atoms with Crippen molar-refractivity contribution in [3.63, 3.8) is 0 Å². The molecule has 0 aliphatic carbocycles. The lowest BCUT2D eigenvalue weighted by Gasteiger charge is -2.17. The number of amides is 2. The summed E-state index contributed by atoms with van der Waals surface area (Å²) in [6.45, 7) is 1.74. The Kier molecular flexibility index (Phi) is 5.30. The highest BCUT2D eigenvalue weighted by Crippen LogP contribution is 2.30. The van der Waals surface area contributed by atoms with Crippen molar-refractivity contribution in [3.05, 3.63) is 58.1 Å². The summed E-state index contributed by atoms with van der Waals surface area (Å²) in [6, 6.07) is 11.5. The molecule has 2 aromatic carbocycles. The molecule has 2 aromatic rings. The molecule has 2 amide bonds. The Bertz CT molecular complexity index is 861. The molecule has 3 rings (SSSR count). The molecule has 1 aliphatic heterocycles. The number of carbonyl (C=O) groups is 3. The molecule has 1 heterocycles. The number of carbonyl (C=O) groups excluding carboxylic acids is 3. The average Bonchev–Trinajstić information content (AvgIpc) is 2.96. The molecular weight excluding hydrogens is 375 g/mol. The Labute approximate surface area is 160 Å². The Morgan fingerprint density at radius 2 is 1.69 bits per heavy atom. The molecular formula is C19H16Cl2N2O3. The zero-order valence-corrected chi connectivity index (χ0v) is 15.5. The molecule has 0 radical (unpaired) electrons. The summed E-state index contributed by atoms with van der Waals surface area (Å²) < 4.78 is 0. The van der Waals surface area contributed by atoms with Crippen LogP contribution in [-0.4, -0.2) is 24.1 Å². The monoisotopic (exact) mass is 390 g/mol. The third kappa shape index (κ3) is 4.06. The molecule has 0 saturated carbocycles. The van der Waals surface area contributed by atoms with Crippen molar-refractivity contribution in [2.75, 3.05) is 16.8 Å². The second-order valence-electron chi connectivity index (χ2n) is 6.16. The van der Waals surface area contributed by atoms with Crippen molar-refractivity contribution in [2.24, 2.45) is 5.92 Å². The fourth-order valence-corrected chi connectivity index (χ4v) is 3.37. The molecule has 134 valence electrons. The van der Waals surface area contributed by atoms with E-state index in [0.29, 0.717) is 27.0 Å². The van der Waals surface area contributed by atoms with Gasteiger partial charge in [-0.1, -0.05) is 23.2 Å². The Hall–Kier alpha value is -2.37. The molecule has 0 aromatic heterocycles. The SMILES string of the molecule is CC(=O)c1ccc(NC(=O)C2CC(=O)N(c3cc(Cl)cc(Cl)c3)C2)cc1. The molecule has 1 aliphatic rings. The molecule has 0 spiro atoms. The summed E-state index contributed by atoms with van der Waals surface area (Å²) >= 11 is 12.0. The first-order chi connectivity index (χ1) is 12.3. The second-order valence-corrected chi connectivity index (χ2v) is 7.03. The van der Waals surface area contributed by atoms with Crippen LogP contribution in [0.4, 0.5) is 11.4 Å². The predicted molar refractivity (Wildman–Crippen MR) is 102 cm³/mol. The maximum absolute atomic E-state index is 12.5. The summed E-state index contributed by atoms with van der Waals surface area (Å²) in [5.74, 6) is -0.923. The van der Waals surface area contributed by atoms with Gasteiger partial charge in [-0.3, -0.25) is 14.4 Å². The Morgan fingerprint density at radius 3 is 2.27 bits per heavy atom. The lowest BCUT2D eigenvalue weighted by atomic mass is 10.1. The van der Waals surface area contributed by atoms with Gasteiger partial charge < -0.3 is 10.2 Å². The molecule has 1 saturated heterocycles. The second kappa shape index (κ2) is 7.48. The highest BCUT2D eigenvalue weighted by Gasteiger charge is 2.35. The number of hydrogen-bond donors (Lipinski definition) is 1. The van der Waals surface area contributed by atoms with Gasteiger partial charge in [-0.25, -0.2) is 0 Å². The van der Waals surface area contributed by atoms with E-state index in [1.54, 1.807) is 42.5 Å². The maximum atomic E-state index is 12.5. The van der Waals surface area contributed by atoms with Crippen molar-refractivity contribution < 1.29 is 14.4 Å². The van der Waals surface area contributed by atoms with Gasteiger partial charge in [-0.2, -0.15) is 0 Å². The number of nitrogens with zero attached hydrogens (tertiary/aromatic N) is 1. The first-order valence-corrected chi connectivity index (χ1v) is 8.77. The van der Waals surface area contributed by atoms with E-state index in [2.05, 4.69) is 5.32 Å². The molecule has 1 unspecified atom stereocenters. The van der Waals surface area contributed by atoms with E-state index in [4.69, 9.17) is 23.2 Å². The van der Waals surface area contributed by atoms with Crippen LogP contribution in [0.1, 0.15) is 23.7 Å². The fraction of sp³-hybridized carbons (Fsp3) is 0.211. The smallest absolute Gasteiger partial charge is 0.229 e. The van der Waals surface area contributed by atoms with Crippen molar-refractivity contribution in [1.82, 2.24) is 0 Å². The van der Waals surface area contributed by atoms with Crippen molar-refractivity contribution in [3.8, 4) is 0 Å². The number of benzene rings is 2. The van der Waals surface area contributed by atoms with E-state index in [9.17, 15) is 14.4 Å². The molecule has 1 N–H and O–H groups in total. The first kappa shape index (κ1) is 18.4. The molecule has 5 nitrogen and oxygen atoms in total. The quantitative estimate of drug-likeness (QED) is 0.795. The Balaban J connectivity index is 1.69. The predicted octanol–water partition coefficient (Wildman–Crippen LogP) is 4.19. The fourth-order valence-electron chi connectivity index (χ4n) is 2.86. The van der Waals surface area contributed by atoms with Gasteiger partial charge in [0.15, 0.2) is 5.78 Å². The first-order valence-electron chi connectivity index (χ1n) is 8.02. The summed E-state index contributed by atoms with van der Waals surface area (Å²) in [5.41, 5.74) is 1.73. The van der Waals surface area contributed by atoms with E-state index >= 15 is 0 Å². The molecule has 1 atom stereocenters. The van der Waals surface area contributed by atoms with Crippen molar-refractivity contribution >= 4 is 52.2 Å². The van der Waals surface area contributed by atoms with Gasteiger partial charge in [0.2, 0.25) is 11.8 Å². The van der Waals surface area contributed by atoms with E-state index in [1.807, 2.05) is 0 Å². The van der Waals surface area contributed by atoms with Gasteiger partial charge >= 0.3 is 0 Å². The van der Waals surface area contributed by atoms with Crippen LogP contribution in [0.2, 0.25) is 10.0 Å². The van der Waals surface area contributed by atoms with E-state index < -0.39 is 5.92 Å². The summed E-state index contributed by atoms with van der Waals surface area (Å²) in [6.07, 6.45) is 0.113. The molecule has 1 fully saturated rings. The third-order valence-electron chi connectivity index (χ3n) is 4.21. The standard InChI is InChI=1S/C19H16Cl2N2O3/c1-11(24)12-2-4-16(5-3-12)22-19(26)13-6-18(25)23(10-13)17-8-14(20)7-15(21)9-17/h2-5,7-9,13H,6,10H2,1H3,(H,22,26).